The molecule has 0 fully saturated rings. The molecule has 0 radical (unpaired) electrons. The molecule has 0 spiro atoms. The molecule has 2 rings (SSSR count). The molecule has 0 amide bonds. The molecule has 0 saturated carbocycles. The molecule has 0 aliphatic rings. The molecule has 6 nitrogen and oxygen atoms in total. The molecule has 0 aliphatic heterocycles. The van der Waals surface area contributed by atoms with Crippen LogP contribution in [0.2, 0.25) is 0 Å². The highest BCUT2D eigenvalue weighted by Gasteiger charge is 2.25. The van der Waals surface area contributed by atoms with Gasteiger partial charge in [-0.1, -0.05) is 17.4 Å². The van der Waals surface area contributed by atoms with Crippen molar-refractivity contribution in [1.29, 1.82) is 5.26 Å². The smallest absolute Gasteiger partial charge is 0.291 e. The van der Waals surface area contributed by atoms with E-state index in [9.17, 15) is 14.9 Å². The maximum atomic E-state index is 12.1. The van der Waals surface area contributed by atoms with Gasteiger partial charge >= 0.3 is 5.00 Å². The summed E-state index contributed by atoms with van der Waals surface area (Å²) in [6.07, 6.45) is 2.98. The van der Waals surface area contributed by atoms with Crippen LogP contribution in [0.3, 0.4) is 0 Å². The summed E-state index contributed by atoms with van der Waals surface area (Å²) >= 11 is 0.767. The van der Waals surface area contributed by atoms with Crippen molar-refractivity contribution < 1.29 is 9.72 Å². The van der Waals surface area contributed by atoms with Gasteiger partial charge in [-0.05, 0) is 17.7 Å². The predicted octanol–water partition coefficient (Wildman–Crippen LogP) is 2.54. The third kappa shape index (κ3) is 2.64. The number of ketones is 1. The summed E-state index contributed by atoms with van der Waals surface area (Å²) in [5.74, 6) is -1.44. The van der Waals surface area contributed by atoms with Crippen LogP contribution in [0.15, 0.2) is 36.7 Å². The molecule has 0 saturated heterocycles. The first-order chi connectivity index (χ1) is 9.13. The van der Waals surface area contributed by atoms with E-state index in [1.54, 1.807) is 18.3 Å². The zero-order valence-corrected chi connectivity index (χ0v) is 10.3. The zero-order valence-electron chi connectivity index (χ0n) is 9.52. The third-order valence-electron chi connectivity index (χ3n) is 2.42. The average Bonchev–Trinajstić information content (AvgIpc) is 2.90. The Morgan fingerprint density at radius 2 is 2.26 bits per heavy atom. The van der Waals surface area contributed by atoms with Gasteiger partial charge in [0.25, 0.3) is 0 Å². The minimum absolute atomic E-state index is 0.119. The number of hydrogen-bond donors (Lipinski definition) is 0. The maximum absolute atomic E-state index is 12.1. The minimum atomic E-state index is -0.994. The lowest BCUT2D eigenvalue weighted by Gasteiger charge is -2.05. The van der Waals surface area contributed by atoms with Crippen LogP contribution >= 0.6 is 11.3 Å². The van der Waals surface area contributed by atoms with Crippen molar-refractivity contribution in [2.45, 2.75) is 5.92 Å². The van der Waals surface area contributed by atoms with E-state index in [1.165, 1.54) is 18.3 Å². The summed E-state index contributed by atoms with van der Waals surface area (Å²) in [6.45, 7) is 0. The van der Waals surface area contributed by atoms with Crippen LogP contribution in [-0.2, 0) is 0 Å². The van der Waals surface area contributed by atoms with E-state index >= 15 is 0 Å². The summed E-state index contributed by atoms with van der Waals surface area (Å²) in [6, 6.07) is 7.78. The highest BCUT2D eigenvalue weighted by molar-refractivity contribution is 7.17. The molecule has 19 heavy (non-hydrogen) atoms. The standard InChI is InChI=1S/C12H7N3O3S/c13-6-9(8-2-1-5-14-7-8)12(16)10-3-4-11(19-10)15(17)18/h1-5,7,9H. The number of nitrogens with zero attached hydrogens (tertiary/aromatic N) is 3. The van der Waals surface area contributed by atoms with Crippen molar-refractivity contribution in [2.75, 3.05) is 0 Å². The highest BCUT2D eigenvalue weighted by Crippen LogP contribution is 2.28. The van der Waals surface area contributed by atoms with Gasteiger partial charge in [0.05, 0.1) is 15.9 Å². The maximum Gasteiger partial charge on any atom is 0.324 e. The number of pyridine rings is 1. The van der Waals surface area contributed by atoms with Crippen molar-refractivity contribution in [2.24, 2.45) is 0 Å². The van der Waals surface area contributed by atoms with Gasteiger partial charge in [-0.25, -0.2) is 0 Å². The quantitative estimate of drug-likeness (QED) is 0.484. The van der Waals surface area contributed by atoms with Crippen molar-refractivity contribution in [1.82, 2.24) is 4.98 Å². The average molecular weight is 273 g/mol. The number of Topliss-reactive ketones (excluding diaryl/α,β-unsaturated/α-hetero) is 1. The van der Waals surface area contributed by atoms with E-state index in [4.69, 9.17) is 5.26 Å². The van der Waals surface area contributed by atoms with Crippen LogP contribution in [-0.4, -0.2) is 15.7 Å². The summed E-state index contributed by atoms with van der Waals surface area (Å²) < 4.78 is 0. The van der Waals surface area contributed by atoms with Crippen LogP contribution in [0.5, 0.6) is 0 Å². The molecule has 0 aliphatic carbocycles. The fourth-order valence-corrected chi connectivity index (χ4v) is 2.32. The van der Waals surface area contributed by atoms with Gasteiger partial charge in [-0.2, -0.15) is 5.26 Å². The number of thiophene rings is 1. The lowest BCUT2D eigenvalue weighted by Crippen LogP contribution is -2.09. The molecule has 94 valence electrons. The van der Waals surface area contributed by atoms with Gasteiger partial charge in [0.2, 0.25) is 0 Å². The van der Waals surface area contributed by atoms with Crippen molar-refractivity contribution in [3.63, 3.8) is 0 Å². The molecule has 0 aromatic carbocycles. The topological polar surface area (TPSA) is 96.9 Å². The number of aromatic nitrogens is 1. The molecule has 0 bridgehead atoms. The largest absolute Gasteiger partial charge is 0.324 e. The first kappa shape index (κ1) is 12.9. The lowest BCUT2D eigenvalue weighted by molar-refractivity contribution is -0.380. The Balaban J connectivity index is 2.31. The first-order valence-electron chi connectivity index (χ1n) is 5.21. The molecule has 2 aromatic heterocycles. The van der Waals surface area contributed by atoms with Crippen LogP contribution in [0, 0.1) is 21.4 Å². The summed E-state index contributed by atoms with van der Waals surface area (Å²) in [5, 5.41) is 19.6. The number of rotatable bonds is 4. The number of nitriles is 1. The second-order valence-corrected chi connectivity index (χ2v) is 4.67. The van der Waals surface area contributed by atoms with E-state index in [-0.39, 0.29) is 9.88 Å². The molecule has 1 atom stereocenters. The first-order valence-corrected chi connectivity index (χ1v) is 6.03. The second-order valence-electron chi connectivity index (χ2n) is 3.61. The Kier molecular flexibility index (Phi) is 3.63. The Morgan fingerprint density at radius 3 is 2.79 bits per heavy atom. The number of hydrogen-bond acceptors (Lipinski definition) is 6. The van der Waals surface area contributed by atoms with Gasteiger partial charge in [0, 0.05) is 18.5 Å². The van der Waals surface area contributed by atoms with Gasteiger partial charge in [0.1, 0.15) is 5.92 Å². The van der Waals surface area contributed by atoms with Crippen LogP contribution in [0.25, 0.3) is 0 Å². The molecule has 2 aromatic rings. The fourth-order valence-electron chi connectivity index (χ4n) is 1.53. The molecular formula is C12H7N3O3S. The molecule has 7 heteroatoms. The summed E-state index contributed by atoms with van der Waals surface area (Å²) in [7, 11) is 0. The normalized spacial score (nSPS) is 11.5. The van der Waals surface area contributed by atoms with E-state index in [0.717, 1.165) is 11.3 Å². The third-order valence-corrected chi connectivity index (χ3v) is 3.48. The van der Waals surface area contributed by atoms with Gasteiger partial charge in [-0.15, -0.1) is 0 Å². The fraction of sp³-hybridized carbons (Fsp3) is 0.0833. The van der Waals surface area contributed by atoms with Crippen LogP contribution in [0.1, 0.15) is 21.2 Å². The van der Waals surface area contributed by atoms with Gasteiger partial charge in [-0.3, -0.25) is 19.9 Å². The van der Waals surface area contributed by atoms with E-state index < -0.39 is 16.6 Å². The highest BCUT2D eigenvalue weighted by atomic mass is 32.1. The SMILES string of the molecule is N#CC(C(=O)c1ccc([N+](=O)[O-])s1)c1cccnc1. The summed E-state index contributed by atoms with van der Waals surface area (Å²) in [5.41, 5.74) is 0.478. The Bertz CT molecular complexity index is 660. The zero-order chi connectivity index (χ0) is 13.8. The number of carbonyl (C=O) groups is 1. The van der Waals surface area contributed by atoms with Crippen LogP contribution < -0.4 is 0 Å². The number of carbonyl (C=O) groups excluding carboxylic acids is 1. The van der Waals surface area contributed by atoms with E-state index in [1.807, 2.05) is 6.07 Å². The van der Waals surface area contributed by atoms with E-state index in [0.29, 0.717) is 5.56 Å². The Morgan fingerprint density at radius 1 is 1.47 bits per heavy atom. The van der Waals surface area contributed by atoms with Gasteiger partial charge in [0.15, 0.2) is 5.78 Å². The van der Waals surface area contributed by atoms with Crippen molar-refractivity contribution in [3.05, 3.63) is 57.2 Å². The summed E-state index contributed by atoms with van der Waals surface area (Å²) in [4.78, 5) is 26.2. The van der Waals surface area contributed by atoms with Crippen LogP contribution in [0.4, 0.5) is 5.00 Å². The molecule has 0 N–H and O–H groups in total. The Labute approximate surface area is 112 Å². The van der Waals surface area contributed by atoms with E-state index in [2.05, 4.69) is 4.98 Å². The predicted molar refractivity (Wildman–Crippen MR) is 67.9 cm³/mol. The van der Waals surface area contributed by atoms with Crippen molar-refractivity contribution >= 4 is 22.1 Å². The lowest BCUT2D eigenvalue weighted by atomic mass is 9.97. The number of nitro groups is 1. The molecule has 2 heterocycles. The second kappa shape index (κ2) is 5.37. The minimum Gasteiger partial charge on any atom is -0.291 e. The monoisotopic (exact) mass is 273 g/mol. The molecular weight excluding hydrogens is 266 g/mol. The molecule has 1 unspecified atom stereocenters. The Hall–Kier alpha value is -2.59. The van der Waals surface area contributed by atoms with Gasteiger partial charge < -0.3 is 0 Å². The van der Waals surface area contributed by atoms with Crippen molar-refractivity contribution in [3.8, 4) is 6.07 Å².